The van der Waals surface area contributed by atoms with E-state index in [1.165, 1.54) is 31.0 Å². The number of amides is 1. The van der Waals surface area contributed by atoms with Crippen molar-refractivity contribution in [2.75, 3.05) is 24.9 Å². The molecule has 1 atom stereocenters. The number of allylic oxidation sites excluding steroid dienone is 1. The number of ether oxygens (including phenoxy) is 2. The molecule has 2 N–H and O–H groups in total. The van der Waals surface area contributed by atoms with E-state index in [4.69, 9.17) is 9.47 Å². The fourth-order valence-electron chi connectivity index (χ4n) is 3.49. The summed E-state index contributed by atoms with van der Waals surface area (Å²) < 4.78 is 12.0. The third-order valence-corrected chi connectivity index (χ3v) is 5.03. The first-order valence-corrected chi connectivity index (χ1v) is 9.46. The number of benzene rings is 2. The second-order valence-electron chi connectivity index (χ2n) is 6.88. The standard InChI is InChI=1S/C20H19N7O5/c1-11-17(19(28)22-15-10-14(31-2)8-9-16(15)32-3)18(26-20(21-11)23-24-25-26)12-4-6-13(7-5-12)27(29)30/h4-10,18H,1-3H3,(H,22,28)(H,21,23,25)/t18-/m1/s1. The van der Waals surface area contributed by atoms with Crippen LogP contribution < -0.4 is 20.1 Å². The van der Waals surface area contributed by atoms with Gasteiger partial charge in [0.15, 0.2) is 0 Å². The number of fused-ring (bicyclic) bond motifs is 1. The zero-order chi connectivity index (χ0) is 22.8. The molecule has 0 saturated heterocycles. The Kier molecular flexibility index (Phi) is 5.41. The van der Waals surface area contributed by atoms with Gasteiger partial charge >= 0.3 is 0 Å². The highest BCUT2D eigenvalue weighted by molar-refractivity contribution is 6.06. The summed E-state index contributed by atoms with van der Waals surface area (Å²) in [6, 6.07) is 10.2. The van der Waals surface area contributed by atoms with Crippen LogP contribution in [0.2, 0.25) is 0 Å². The maximum absolute atomic E-state index is 13.4. The molecule has 0 spiro atoms. The van der Waals surface area contributed by atoms with Crippen LogP contribution in [0.3, 0.4) is 0 Å². The Labute approximate surface area is 182 Å². The molecule has 32 heavy (non-hydrogen) atoms. The molecule has 164 valence electrons. The van der Waals surface area contributed by atoms with Crippen LogP contribution in [-0.2, 0) is 4.79 Å². The van der Waals surface area contributed by atoms with Gasteiger partial charge in [0.2, 0.25) is 5.95 Å². The van der Waals surface area contributed by atoms with Gasteiger partial charge in [-0.3, -0.25) is 14.9 Å². The summed E-state index contributed by atoms with van der Waals surface area (Å²) in [6.07, 6.45) is 0. The third-order valence-electron chi connectivity index (χ3n) is 5.03. The fraction of sp³-hybridized carbons (Fsp3) is 0.200. The molecule has 0 saturated carbocycles. The minimum absolute atomic E-state index is 0.0626. The number of hydrogen-bond donors (Lipinski definition) is 2. The van der Waals surface area contributed by atoms with Gasteiger partial charge in [-0.25, -0.2) is 0 Å². The Morgan fingerprint density at radius 1 is 1.19 bits per heavy atom. The molecule has 1 aromatic heterocycles. The number of carbonyl (C=O) groups excluding carboxylic acids is 1. The number of aromatic nitrogens is 4. The number of nitrogens with zero attached hydrogens (tertiary/aromatic N) is 5. The molecular weight excluding hydrogens is 418 g/mol. The van der Waals surface area contributed by atoms with Gasteiger partial charge in [0.05, 0.1) is 30.4 Å². The number of tetrazole rings is 1. The summed E-state index contributed by atoms with van der Waals surface area (Å²) in [7, 11) is 3.02. The first-order chi connectivity index (χ1) is 15.4. The molecule has 2 heterocycles. The number of anilines is 2. The van der Waals surface area contributed by atoms with E-state index < -0.39 is 16.9 Å². The van der Waals surface area contributed by atoms with Crippen molar-refractivity contribution in [3.63, 3.8) is 0 Å². The number of non-ortho nitro benzene ring substituents is 1. The molecule has 1 aliphatic heterocycles. The number of rotatable bonds is 6. The summed E-state index contributed by atoms with van der Waals surface area (Å²) in [5.41, 5.74) is 1.83. The van der Waals surface area contributed by atoms with Crippen molar-refractivity contribution in [3.8, 4) is 11.5 Å². The highest BCUT2D eigenvalue weighted by Crippen LogP contribution is 2.36. The van der Waals surface area contributed by atoms with Crippen LogP contribution in [0, 0.1) is 10.1 Å². The van der Waals surface area contributed by atoms with Crippen molar-refractivity contribution in [1.82, 2.24) is 20.2 Å². The summed E-state index contributed by atoms with van der Waals surface area (Å²) in [5.74, 6) is 0.923. The van der Waals surface area contributed by atoms with E-state index in [-0.39, 0.29) is 5.69 Å². The number of nitrogens with one attached hydrogen (secondary N) is 2. The summed E-state index contributed by atoms with van der Waals surface area (Å²) >= 11 is 0. The summed E-state index contributed by atoms with van der Waals surface area (Å²) in [6.45, 7) is 1.73. The molecule has 0 radical (unpaired) electrons. The quantitative estimate of drug-likeness (QED) is 0.438. The van der Waals surface area contributed by atoms with Crippen LogP contribution in [0.5, 0.6) is 11.5 Å². The SMILES string of the molecule is COc1ccc(OC)c(NC(=O)C2=C(C)Nc3nnnn3[C@@H]2c2ccc([N+](=O)[O-])cc2)c1. The van der Waals surface area contributed by atoms with E-state index in [2.05, 4.69) is 26.2 Å². The average Bonchev–Trinajstić information content (AvgIpc) is 3.26. The van der Waals surface area contributed by atoms with Crippen molar-refractivity contribution < 1.29 is 19.2 Å². The number of carbonyl (C=O) groups is 1. The zero-order valence-corrected chi connectivity index (χ0v) is 17.4. The summed E-state index contributed by atoms with van der Waals surface area (Å²) in [5, 5.41) is 28.6. The molecule has 0 aliphatic carbocycles. The van der Waals surface area contributed by atoms with E-state index in [1.807, 2.05) is 0 Å². The average molecular weight is 437 g/mol. The van der Waals surface area contributed by atoms with Crippen LogP contribution in [-0.4, -0.2) is 45.3 Å². The Balaban J connectivity index is 1.75. The minimum atomic E-state index is -0.710. The number of nitro groups is 1. The van der Waals surface area contributed by atoms with E-state index >= 15 is 0 Å². The van der Waals surface area contributed by atoms with Crippen molar-refractivity contribution in [2.45, 2.75) is 13.0 Å². The van der Waals surface area contributed by atoms with Crippen LogP contribution in [0.15, 0.2) is 53.7 Å². The maximum Gasteiger partial charge on any atom is 0.269 e. The van der Waals surface area contributed by atoms with Gasteiger partial charge in [0, 0.05) is 23.9 Å². The molecule has 3 aromatic rings. The molecule has 1 amide bonds. The van der Waals surface area contributed by atoms with Crippen LogP contribution in [0.25, 0.3) is 0 Å². The lowest BCUT2D eigenvalue weighted by Crippen LogP contribution is -2.31. The molecule has 0 bridgehead atoms. The molecule has 0 fully saturated rings. The Hall–Kier alpha value is -4.48. The van der Waals surface area contributed by atoms with Gasteiger partial charge in [-0.05, 0) is 47.2 Å². The lowest BCUT2D eigenvalue weighted by Gasteiger charge is -2.28. The second-order valence-corrected chi connectivity index (χ2v) is 6.88. The molecule has 1 aliphatic rings. The smallest absolute Gasteiger partial charge is 0.269 e. The van der Waals surface area contributed by atoms with E-state index in [0.717, 1.165) is 0 Å². The van der Waals surface area contributed by atoms with Gasteiger partial charge < -0.3 is 20.1 Å². The van der Waals surface area contributed by atoms with Crippen LogP contribution in [0.1, 0.15) is 18.5 Å². The van der Waals surface area contributed by atoms with Crippen molar-refractivity contribution >= 4 is 23.2 Å². The van der Waals surface area contributed by atoms with E-state index in [9.17, 15) is 14.9 Å². The van der Waals surface area contributed by atoms with Crippen LogP contribution >= 0.6 is 0 Å². The number of hydrogen-bond acceptors (Lipinski definition) is 9. The van der Waals surface area contributed by atoms with Gasteiger partial charge in [-0.2, -0.15) is 4.68 Å². The highest BCUT2D eigenvalue weighted by atomic mass is 16.6. The van der Waals surface area contributed by atoms with Gasteiger partial charge in [0.25, 0.3) is 11.6 Å². The van der Waals surface area contributed by atoms with Crippen molar-refractivity contribution in [1.29, 1.82) is 0 Å². The summed E-state index contributed by atoms with van der Waals surface area (Å²) in [4.78, 5) is 24.0. The van der Waals surface area contributed by atoms with E-state index in [0.29, 0.717) is 40.0 Å². The predicted octanol–water partition coefficient (Wildman–Crippen LogP) is 2.53. The lowest BCUT2D eigenvalue weighted by atomic mass is 9.95. The molecule has 2 aromatic carbocycles. The van der Waals surface area contributed by atoms with Crippen LogP contribution in [0.4, 0.5) is 17.3 Å². The Bertz CT molecular complexity index is 1220. The largest absolute Gasteiger partial charge is 0.497 e. The Morgan fingerprint density at radius 3 is 2.59 bits per heavy atom. The fourth-order valence-corrected chi connectivity index (χ4v) is 3.49. The van der Waals surface area contributed by atoms with Gasteiger partial charge in [0.1, 0.15) is 17.5 Å². The first kappa shape index (κ1) is 20.8. The molecule has 12 nitrogen and oxygen atoms in total. The monoisotopic (exact) mass is 437 g/mol. The first-order valence-electron chi connectivity index (χ1n) is 9.46. The molecule has 12 heteroatoms. The maximum atomic E-state index is 13.4. The van der Waals surface area contributed by atoms with E-state index in [1.54, 1.807) is 37.3 Å². The number of methoxy groups -OCH3 is 2. The normalized spacial score (nSPS) is 14.9. The minimum Gasteiger partial charge on any atom is -0.497 e. The predicted molar refractivity (Wildman–Crippen MR) is 114 cm³/mol. The molecular formula is C20H19N7O5. The van der Waals surface area contributed by atoms with Gasteiger partial charge in [-0.1, -0.05) is 5.10 Å². The Morgan fingerprint density at radius 2 is 1.94 bits per heavy atom. The number of nitro benzene ring substituents is 1. The third kappa shape index (κ3) is 3.69. The topological polar surface area (TPSA) is 146 Å². The highest BCUT2D eigenvalue weighted by Gasteiger charge is 2.34. The van der Waals surface area contributed by atoms with Crippen molar-refractivity contribution in [2.24, 2.45) is 0 Å². The van der Waals surface area contributed by atoms with Crippen molar-refractivity contribution in [3.05, 3.63) is 69.4 Å². The second kappa shape index (κ2) is 8.34. The molecule has 0 unspecified atom stereocenters. The zero-order valence-electron chi connectivity index (χ0n) is 17.4. The molecule has 4 rings (SSSR count). The van der Waals surface area contributed by atoms with Gasteiger partial charge in [-0.15, -0.1) is 0 Å². The lowest BCUT2D eigenvalue weighted by molar-refractivity contribution is -0.384.